The smallest absolute Gasteiger partial charge is 0.385 e. The Morgan fingerprint density at radius 2 is 1.67 bits per heavy atom. The largest absolute Gasteiger partial charge is 0.643 e. The van der Waals surface area contributed by atoms with Gasteiger partial charge in [-0.3, -0.25) is 0 Å². The lowest BCUT2D eigenvalue weighted by atomic mass is 9.68. The summed E-state index contributed by atoms with van der Waals surface area (Å²) in [6, 6.07) is 0. The Labute approximate surface area is 108 Å². The quantitative estimate of drug-likeness (QED) is 0.680. The lowest BCUT2D eigenvalue weighted by Gasteiger charge is -2.57. The number of hydrogen-bond acceptors (Lipinski definition) is 5. The Morgan fingerprint density at radius 1 is 1.06 bits per heavy atom. The molecule has 4 rings (SSSR count). The fraction of sp³-hybridized carbons (Fsp3) is 1.00. The van der Waals surface area contributed by atoms with Crippen LogP contribution in [0, 0.1) is 5.92 Å². The van der Waals surface area contributed by atoms with Gasteiger partial charge in [0, 0.05) is 5.92 Å². The van der Waals surface area contributed by atoms with Crippen LogP contribution >= 0.6 is 0 Å². The van der Waals surface area contributed by atoms with Gasteiger partial charge in [0.2, 0.25) is 0 Å². The Morgan fingerprint density at radius 3 is 2.28 bits per heavy atom. The maximum atomic E-state index is 10.8. The summed E-state index contributed by atoms with van der Waals surface area (Å²) < 4.78 is 16.7. The molecule has 3 aliphatic heterocycles. The maximum Gasteiger partial charge on any atom is 0.643 e. The molecule has 4 fully saturated rings. The molecule has 2 N–H and O–H groups in total. The first kappa shape index (κ1) is 12.9. The highest BCUT2D eigenvalue weighted by Crippen LogP contribution is 2.53. The normalized spacial score (nSPS) is 49.7. The second-order valence-corrected chi connectivity index (χ2v) is 6.18. The third-order valence-corrected chi connectivity index (χ3v) is 4.91. The van der Waals surface area contributed by atoms with Gasteiger partial charge >= 0.3 is 7.32 Å². The number of rotatable bonds is 1. The predicted octanol–water partition coefficient (Wildman–Crippen LogP) is 0.827. The minimum absolute atomic E-state index is 0.0130. The number of hydrogen-bond donors (Lipinski definition) is 2. The summed E-state index contributed by atoms with van der Waals surface area (Å²) >= 11 is 0. The van der Waals surface area contributed by atoms with E-state index >= 15 is 0 Å². The van der Waals surface area contributed by atoms with Crippen molar-refractivity contribution in [3.8, 4) is 0 Å². The summed E-state index contributed by atoms with van der Waals surface area (Å²) in [6.45, 7) is 3.18. The summed E-state index contributed by atoms with van der Waals surface area (Å²) in [5.41, 5.74) is -2.86. The molecular formula is C12H21BO5. The monoisotopic (exact) mass is 256 g/mol. The second kappa shape index (κ2) is 3.93. The summed E-state index contributed by atoms with van der Waals surface area (Å²) in [6.07, 6.45) is 5.36. The van der Waals surface area contributed by atoms with Crippen molar-refractivity contribution < 1.29 is 24.2 Å². The zero-order chi connectivity index (χ0) is 13.0. The van der Waals surface area contributed by atoms with E-state index in [0.29, 0.717) is 0 Å². The molecular weight excluding hydrogens is 235 g/mol. The average molecular weight is 256 g/mol. The summed E-state index contributed by atoms with van der Waals surface area (Å²) in [5, 5.41) is 21.3. The lowest BCUT2D eigenvalue weighted by molar-refractivity contribution is -0.363. The molecule has 2 unspecified atom stereocenters. The van der Waals surface area contributed by atoms with Gasteiger partial charge in [-0.2, -0.15) is 0 Å². The molecule has 5 nitrogen and oxygen atoms in total. The zero-order valence-electron chi connectivity index (χ0n) is 11.0. The van der Waals surface area contributed by atoms with Gasteiger partial charge in [0.15, 0.2) is 5.79 Å². The highest BCUT2D eigenvalue weighted by Gasteiger charge is 2.73. The van der Waals surface area contributed by atoms with Gasteiger partial charge < -0.3 is 24.2 Å². The molecule has 6 heteroatoms. The van der Waals surface area contributed by atoms with Crippen LogP contribution in [0.25, 0.3) is 0 Å². The van der Waals surface area contributed by atoms with Crippen molar-refractivity contribution >= 4 is 7.32 Å². The van der Waals surface area contributed by atoms with Crippen molar-refractivity contribution in [1.82, 2.24) is 0 Å². The van der Waals surface area contributed by atoms with E-state index in [1.165, 1.54) is 6.42 Å². The van der Waals surface area contributed by atoms with Gasteiger partial charge in [-0.05, 0) is 26.7 Å². The van der Waals surface area contributed by atoms with Crippen molar-refractivity contribution in [1.29, 1.82) is 0 Å². The molecule has 1 aliphatic carbocycles. The van der Waals surface area contributed by atoms with Crippen molar-refractivity contribution in [3.63, 3.8) is 0 Å². The third kappa shape index (κ3) is 1.53. The highest BCUT2D eigenvalue weighted by atomic mass is 16.9. The van der Waals surface area contributed by atoms with Crippen molar-refractivity contribution in [2.45, 2.75) is 62.9 Å². The number of aliphatic hydroxyl groups is 2. The first-order valence-corrected chi connectivity index (χ1v) is 6.81. The molecule has 18 heavy (non-hydrogen) atoms. The van der Waals surface area contributed by atoms with Crippen molar-refractivity contribution in [3.05, 3.63) is 0 Å². The Kier molecular flexibility index (Phi) is 2.81. The van der Waals surface area contributed by atoms with Crippen molar-refractivity contribution in [2.75, 3.05) is 6.61 Å². The van der Waals surface area contributed by atoms with Crippen LogP contribution in [0.3, 0.4) is 0 Å². The van der Waals surface area contributed by atoms with E-state index in [-0.39, 0.29) is 12.5 Å². The molecule has 3 heterocycles. The van der Waals surface area contributed by atoms with E-state index in [0.717, 1.165) is 25.7 Å². The molecule has 0 aromatic carbocycles. The molecule has 0 amide bonds. The Balaban J connectivity index is 1.94. The highest BCUT2D eigenvalue weighted by molar-refractivity contribution is 6.39. The van der Waals surface area contributed by atoms with E-state index in [1.807, 2.05) is 0 Å². The predicted molar refractivity (Wildman–Crippen MR) is 64.4 cm³/mol. The second-order valence-electron chi connectivity index (χ2n) is 6.18. The molecule has 0 spiro atoms. The van der Waals surface area contributed by atoms with E-state index in [2.05, 4.69) is 0 Å². The van der Waals surface area contributed by atoms with Gasteiger partial charge in [0.1, 0.15) is 11.2 Å². The first-order chi connectivity index (χ1) is 8.39. The SMILES string of the molecule is CC1(O)COB2OC(C3CCCCC3)(O2)C1(C)O. The molecule has 0 radical (unpaired) electrons. The molecule has 0 aromatic rings. The maximum absolute atomic E-state index is 10.8. The lowest BCUT2D eigenvalue weighted by Crippen LogP contribution is -2.75. The van der Waals surface area contributed by atoms with Crippen LogP contribution in [-0.4, -0.2) is 41.1 Å². The van der Waals surface area contributed by atoms with Crippen LogP contribution in [0.4, 0.5) is 0 Å². The van der Waals surface area contributed by atoms with E-state index in [9.17, 15) is 10.2 Å². The molecule has 4 aliphatic rings. The van der Waals surface area contributed by atoms with E-state index in [1.54, 1.807) is 13.8 Å². The van der Waals surface area contributed by atoms with E-state index < -0.39 is 24.3 Å². The molecule has 2 bridgehead atoms. The molecule has 102 valence electrons. The molecule has 0 aromatic heterocycles. The zero-order valence-corrected chi connectivity index (χ0v) is 11.0. The van der Waals surface area contributed by atoms with Gasteiger partial charge in [-0.15, -0.1) is 0 Å². The standard InChI is InChI=1S/C12H21BO5/c1-10(14)8-16-13-17-12(18-13,11(10,2)15)9-6-4-3-5-7-9/h9,14-15H,3-8H2,1-2H3. The molecule has 1 saturated carbocycles. The van der Waals surface area contributed by atoms with Gasteiger partial charge in [-0.1, -0.05) is 19.3 Å². The molecule has 2 atom stereocenters. The van der Waals surface area contributed by atoms with Crippen LogP contribution in [0.5, 0.6) is 0 Å². The van der Waals surface area contributed by atoms with Crippen LogP contribution < -0.4 is 0 Å². The number of fused-ring (bicyclic) bond motifs is 3. The van der Waals surface area contributed by atoms with Gasteiger partial charge in [0.05, 0.1) is 6.61 Å². The first-order valence-electron chi connectivity index (χ1n) is 6.81. The Hall–Kier alpha value is -0.135. The van der Waals surface area contributed by atoms with Crippen LogP contribution in [-0.2, 0) is 14.0 Å². The van der Waals surface area contributed by atoms with Gasteiger partial charge in [-0.25, -0.2) is 0 Å². The van der Waals surface area contributed by atoms with Crippen molar-refractivity contribution in [2.24, 2.45) is 5.92 Å². The minimum atomic E-state index is -1.48. The Bertz CT molecular complexity index is 331. The van der Waals surface area contributed by atoms with Crippen LogP contribution in [0.1, 0.15) is 46.0 Å². The average Bonchev–Trinajstić information content (AvgIpc) is 2.39. The topological polar surface area (TPSA) is 68.2 Å². The molecule has 3 saturated heterocycles. The summed E-state index contributed by atoms with van der Waals surface area (Å²) in [7, 11) is -0.743. The van der Waals surface area contributed by atoms with Crippen LogP contribution in [0.15, 0.2) is 0 Å². The van der Waals surface area contributed by atoms with Crippen LogP contribution in [0.2, 0.25) is 0 Å². The fourth-order valence-electron chi connectivity index (χ4n) is 3.41. The summed E-state index contributed by atoms with van der Waals surface area (Å²) in [4.78, 5) is 0. The minimum Gasteiger partial charge on any atom is -0.385 e. The fourth-order valence-corrected chi connectivity index (χ4v) is 3.41. The van der Waals surface area contributed by atoms with E-state index in [4.69, 9.17) is 14.0 Å². The summed E-state index contributed by atoms with van der Waals surface area (Å²) in [5.74, 6) is -0.997. The third-order valence-electron chi connectivity index (χ3n) is 4.91. The van der Waals surface area contributed by atoms with Gasteiger partial charge in [0.25, 0.3) is 0 Å².